The van der Waals surface area contributed by atoms with Crippen LogP contribution in [0.5, 0.6) is 0 Å². The number of rotatable bonds is 6. The molecule has 0 amide bonds. The Balaban J connectivity index is 0.000000176. The molecule has 0 saturated heterocycles. The molecule has 0 spiro atoms. The van der Waals surface area contributed by atoms with Crippen LogP contribution in [0.15, 0.2) is 247 Å². The molecule has 12 aromatic rings. The van der Waals surface area contributed by atoms with Gasteiger partial charge in [-0.2, -0.15) is 0 Å². The zero-order chi connectivity index (χ0) is 54.6. The molecule has 16 rings (SSSR count). The molecule has 6 heteroatoms. The molecule has 0 fully saturated rings. The van der Waals surface area contributed by atoms with Crippen molar-refractivity contribution >= 4 is 72.4 Å². The summed E-state index contributed by atoms with van der Waals surface area (Å²) < 4.78 is 1.14. The summed E-state index contributed by atoms with van der Waals surface area (Å²) in [5.74, 6) is 1.98. The van der Waals surface area contributed by atoms with Crippen LogP contribution in [-0.4, -0.2) is 15.0 Å². The fourth-order valence-electron chi connectivity index (χ4n) is 13.2. The molecule has 82 heavy (non-hydrogen) atoms. The van der Waals surface area contributed by atoms with Gasteiger partial charge in [-0.05, 0) is 144 Å². The maximum Gasteiger partial charge on any atom is 0.164 e. The van der Waals surface area contributed by atoms with Crippen LogP contribution in [0.1, 0.15) is 62.5 Å². The lowest BCUT2D eigenvalue weighted by Crippen LogP contribution is -2.22. The Morgan fingerprint density at radius 2 is 0.756 bits per heavy atom. The number of nitrogens with zero attached hydrogens (tertiary/aromatic N) is 5. The molecule has 3 heterocycles. The predicted octanol–water partition coefficient (Wildman–Crippen LogP) is 20.7. The number of aromatic nitrogens is 3. The predicted molar refractivity (Wildman–Crippen MR) is 349 cm³/mol. The Hall–Kier alpha value is -9.49. The first-order valence-corrected chi connectivity index (χ1v) is 28.6. The Kier molecular flexibility index (Phi) is 12.2. The molecule has 0 saturated carbocycles. The molecule has 0 unspecified atom stereocenters. The van der Waals surface area contributed by atoms with Crippen LogP contribution in [0.3, 0.4) is 0 Å². The van der Waals surface area contributed by atoms with E-state index in [4.69, 9.17) is 15.0 Å². The molecule has 0 radical (unpaired) electrons. The molecule has 2 aliphatic carbocycles. The third-order valence-corrected chi connectivity index (χ3v) is 17.5. The summed E-state index contributed by atoms with van der Waals surface area (Å²) in [4.78, 5) is 19.5. The normalized spacial score (nSPS) is 14.1. The highest BCUT2D eigenvalue weighted by Crippen LogP contribution is 2.59. The van der Waals surface area contributed by atoms with Crippen molar-refractivity contribution in [3.8, 4) is 67.5 Å². The van der Waals surface area contributed by atoms with Crippen LogP contribution in [0.25, 0.3) is 101 Å². The van der Waals surface area contributed by atoms with Gasteiger partial charge in [0, 0.05) is 66.5 Å². The summed E-state index contributed by atoms with van der Waals surface area (Å²) >= 11 is 3.69. The van der Waals surface area contributed by atoms with Crippen molar-refractivity contribution in [3.63, 3.8) is 0 Å². The lowest BCUT2D eigenvalue weighted by Gasteiger charge is -2.33. The van der Waals surface area contributed by atoms with E-state index in [1.54, 1.807) is 0 Å². The van der Waals surface area contributed by atoms with Crippen LogP contribution < -0.4 is 9.80 Å². The van der Waals surface area contributed by atoms with Crippen molar-refractivity contribution in [2.24, 2.45) is 0 Å². The quantitative estimate of drug-likeness (QED) is 0.155. The number of hydrogen-bond acceptors (Lipinski definition) is 5. The molecule has 1 aromatic heterocycles. The van der Waals surface area contributed by atoms with E-state index in [1.165, 1.54) is 105 Å². The zero-order valence-electron chi connectivity index (χ0n) is 47.4. The fourth-order valence-corrected chi connectivity index (χ4v) is 13.6. The maximum absolute atomic E-state index is 4.94. The number of anilines is 4. The minimum atomic E-state index is -0.220. The van der Waals surface area contributed by atoms with E-state index in [1.807, 2.05) is 60.7 Å². The Labute approximate surface area is 489 Å². The molecule has 4 aliphatic rings. The van der Waals surface area contributed by atoms with Gasteiger partial charge in [-0.1, -0.05) is 220 Å². The summed E-state index contributed by atoms with van der Waals surface area (Å²) in [6, 6.07) is 82.0. The van der Waals surface area contributed by atoms with Crippen molar-refractivity contribution < 1.29 is 1.43 Å². The first-order valence-electron chi connectivity index (χ1n) is 27.8. The average molecular weight is 1120 g/mol. The van der Waals surface area contributed by atoms with Crippen molar-refractivity contribution in [3.05, 3.63) is 288 Å². The maximum atomic E-state index is 4.94. The van der Waals surface area contributed by atoms with Gasteiger partial charge in [0.2, 0.25) is 0 Å². The SMILES string of the molecule is CC1(C)c2cc(-c3ccc(-c4nc(-c5ccccc5)nc(-c5ccccc5)n4)cc3)ccc2-c2cc3cccc4c3c(c21)N(c1ccccc1)C=C4.CC1(C)c2cc(Br)ccc2-c2cc3cccc4c3c(c21)N(c1ccccc1)C=C4.[3H-].[CH3-]. The average Bonchev–Trinajstić information content (AvgIpc) is 1.76. The van der Waals surface area contributed by atoms with E-state index in [0.29, 0.717) is 17.5 Å². The van der Waals surface area contributed by atoms with Gasteiger partial charge in [-0.15, -0.1) is 0 Å². The lowest BCUT2D eigenvalue weighted by atomic mass is 9.79. The third-order valence-electron chi connectivity index (χ3n) is 17.1. The highest BCUT2D eigenvalue weighted by molar-refractivity contribution is 9.10. The van der Waals surface area contributed by atoms with Crippen LogP contribution in [-0.2, 0) is 10.8 Å². The van der Waals surface area contributed by atoms with Crippen molar-refractivity contribution in [1.29, 1.82) is 0 Å². The first kappa shape index (κ1) is 50.7. The zero-order valence-corrected chi connectivity index (χ0v) is 47.9. The van der Waals surface area contributed by atoms with Gasteiger partial charge in [0.05, 0.1) is 11.4 Å². The Bertz CT molecular complexity index is 4520. The van der Waals surface area contributed by atoms with Crippen LogP contribution >= 0.6 is 15.9 Å². The van der Waals surface area contributed by atoms with Crippen molar-refractivity contribution in [2.45, 2.75) is 38.5 Å². The van der Waals surface area contributed by atoms with Gasteiger partial charge >= 0.3 is 0 Å². The first-order chi connectivity index (χ1) is 39.6. The van der Waals surface area contributed by atoms with E-state index in [0.717, 1.165) is 26.7 Å². The third kappa shape index (κ3) is 8.15. The van der Waals surface area contributed by atoms with Crippen LogP contribution in [0, 0.1) is 7.43 Å². The largest absolute Gasteiger partial charge is 1.00 e. The minimum absolute atomic E-state index is 0. The minimum Gasteiger partial charge on any atom is -1.00 e. The van der Waals surface area contributed by atoms with E-state index in [9.17, 15) is 0 Å². The van der Waals surface area contributed by atoms with E-state index in [-0.39, 0.29) is 19.7 Å². The molecule has 0 bridgehead atoms. The summed E-state index contributed by atoms with van der Waals surface area (Å²) in [6.07, 6.45) is 8.94. The van der Waals surface area contributed by atoms with Gasteiger partial charge in [0.15, 0.2) is 17.5 Å². The van der Waals surface area contributed by atoms with Gasteiger partial charge < -0.3 is 18.7 Å². The Morgan fingerprint density at radius 1 is 0.366 bits per heavy atom. The topological polar surface area (TPSA) is 45.2 Å². The molecule has 396 valence electrons. The van der Waals surface area contributed by atoms with E-state index >= 15 is 0 Å². The second-order valence-electron chi connectivity index (χ2n) is 22.5. The summed E-state index contributed by atoms with van der Waals surface area (Å²) in [7, 11) is 0. The van der Waals surface area contributed by atoms with Crippen LogP contribution in [0.2, 0.25) is 0 Å². The van der Waals surface area contributed by atoms with Gasteiger partial charge in [-0.3, -0.25) is 0 Å². The van der Waals surface area contributed by atoms with Gasteiger partial charge in [-0.25, -0.2) is 15.0 Å². The van der Waals surface area contributed by atoms with Gasteiger partial charge in [0.1, 0.15) is 0 Å². The number of fused-ring (bicyclic) bond motifs is 8. The molecule has 5 nitrogen and oxygen atoms in total. The standard InChI is InChI=1S/C48H34N4.C27H20BrN.CH3.H/c1-48(2)41-30-36(25-26-39(41)40-29-37-18-12-17-32-27-28-52(38-19-10-5-11-20-38)44(42(32)37)43(40)48)31-21-23-35(24-22-31)47-50-45(33-13-6-3-7-14-33)49-46(51-47)34-15-8-4-9-16-34;1-27(2)23-16-19(28)11-12-21(23)22-15-18-8-6-7-17-13-14-29(20-9-4-3-5-10-20)26(24(17)18)25(22)27;;/h3-30H,1-2H3;3-16H,1-2H3;1H3;/q;;2*-1/i;;;1+2. The fraction of sp³-hybridized carbons (Fsp3) is 0.0789. The molecule has 2 aliphatic heterocycles. The molecular weight excluding hydrogens is 1060 g/mol. The van der Waals surface area contributed by atoms with Gasteiger partial charge in [0.25, 0.3) is 0 Å². The lowest BCUT2D eigenvalue weighted by molar-refractivity contribution is 0.661. The molecular formula is C76H58BrN5-2. The number of para-hydroxylation sites is 2. The summed E-state index contributed by atoms with van der Waals surface area (Å²) in [5, 5.41) is 5.23. The second-order valence-corrected chi connectivity index (χ2v) is 23.5. The highest BCUT2D eigenvalue weighted by atomic mass is 79.9. The number of hydrogen-bond donors (Lipinski definition) is 0. The molecule has 0 atom stereocenters. The Morgan fingerprint density at radius 3 is 1.22 bits per heavy atom. The van der Waals surface area contributed by atoms with Crippen molar-refractivity contribution in [1.82, 2.24) is 15.0 Å². The van der Waals surface area contributed by atoms with Crippen LogP contribution in [0.4, 0.5) is 22.7 Å². The van der Waals surface area contributed by atoms with E-state index < -0.39 is 0 Å². The second kappa shape index (κ2) is 19.6. The highest BCUT2D eigenvalue weighted by Gasteiger charge is 2.42. The van der Waals surface area contributed by atoms with E-state index in [2.05, 4.69) is 248 Å². The molecule has 0 N–H and O–H groups in total. The summed E-state index contributed by atoms with van der Waals surface area (Å²) in [6.45, 7) is 9.48. The monoisotopic (exact) mass is 1120 g/mol. The smallest absolute Gasteiger partial charge is 0.164 e. The molecule has 11 aromatic carbocycles. The number of benzene rings is 11. The summed E-state index contributed by atoms with van der Waals surface area (Å²) in [5.41, 5.74) is 23.3. The van der Waals surface area contributed by atoms with Crippen molar-refractivity contribution in [2.75, 3.05) is 9.80 Å². The number of halogens is 1.